The maximum absolute atomic E-state index is 12.3. The van der Waals surface area contributed by atoms with Crippen LogP contribution >= 0.6 is 0 Å². The predicted octanol–water partition coefficient (Wildman–Crippen LogP) is 2.65. The third kappa shape index (κ3) is 4.33. The molecule has 1 aromatic rings. The highest BCUT2D eigenvalue weighted by Crippen LogP contribution is 2.38. The standard InChI is InChI=1S/C20H29N3O2/c24-20(22-18-9-12-25-19(18)15-7-8-15)21-13-16-5-1-2-6-17(16)14-23-10-3-4-11-23/h1-2,5-6,15,18-19H,3-4,7-14H2,(H2,21,22,24)/t18-,19+/m1/s1. The van der Waals surface area contributed by atoms with Gasteiger partial charge in [0.05, 0.1) is 12.1 Å². The number of hydrogen-bond donors (Lipinski definition) is 2. The number of carbonyl (C=O) groups is 1. The first-order valence-electron chi connectivity index (χ1n) is 9.75. The Hall–Kier alpha value is -1.59. The van der Waals surface area contributed by atoms with Crippen molar-refractivity contribution < 1.29 is 9.53 Å². The first kappa shape index (κ1) is 16.9. The van der Waals surface area contributed by atoms with E-state index in [9.17, 15) is 4.79 Å². The summed E-state index contributed by atoms with van der Waals surface area (Å²) in [6, 6.07) is 8.55. The van der Waals surface area contributed by atoms with Crippen molar-refractivity contribution in [2.75, 3.05) is 19.7 Å². The van der Waals surface area contributed by atoms with Gasteiger partial charge in [0.1, 0.15) is 0 Å². The van der Waals surface area contributed by atoms with E-state index < -0.39 is 0 Å². The number of carbonyl (C=O) groups excluding carboxylic acids is 1. The third-order valence-corrected chi connectivity index (χ3v) is 5.69. The van der Waals surface area contributed by atoms with E-state index in [-0.39, 0.29) is 18.2 Å². The molecule has 2 heterocycles. The fraction of sp³-hybridized carbons (Fsp3) is 0.650. The topological polar surface area (TPSA) is 53.6 Å². The Bertz CT molecular complexity index is 596. The van der Waals surface area contributed by atoms with Crippen LogP contribution in [0.2, 0.25) is 0 Å². The smallest absolute Gasteiger partial charge is 0.315 e. The minimum atomic E-state index is -0.0721. The molecule has 25 heavy (non-hydrogen) atoms. The fourth-order valence-corrected chi connectivity index (χ4v) is 4.12. The second-order valence-corrected chi connectivity index (χ2v) is 7.65. The highest BCUT2D eigenvalue weighted by Gasteiger charge is 2.41. The molecule has 5 heteroatoms. The predicted molar refractivity (Wildman–Crippen MR) is 97.2 cm³/mol. The number of nitrogens with one attached hydrogen (secondary N) is 2. The van der Waals surface area contributed by atoms with Crippen LogP contribution in [-0.2, 0) is 17.8 Å². The van der Waals surface area contributed by atoms with Gasteiger partial charge < -0.3 is 15.4 Å². The Morgan fingerprint density at radius 3 is 2.64 bits per heavy atom. The average molecular weight is 343 g/mol. The quantitative estimate of drug-likeness (QED) is 0.835. The Balaban J connectivity index is 1.29. The van der Waals surface area contributed by atoms with Crippen molar-refractivity contribution in [2.24, 2.45) is 5.92 Å². The van der Waals surface area contributed by atoms with Gasteiger partial charge in [-0.25, -0.2) is 4.79 Å². The van der Waals surface area contributed by atoms with Crippen LogP contribution in [0.5, 0.6) is 0 Å². The van der Waals surface area contributed by atoms with Gasteiger partial charge in [-0.3, -0.25) is 4.90 Å². The first-order chi connectivity index (χ1) is 12.3. The number of hydrogen-bond acceptors (Lipinski definition) is 3. The Morgan fingerprint density at radius 1 is 1.12 bits per heavy atom. The molecule has 1 aromatic carbocycles. The molecule has 2 atom stereocenters. The van der Waals surface area contributed by atoms with Crippen molar-refractivity contribution in [1.82, 2.24) is 15.5 Å². The molecular weight excluding hydrogens is 314 g/mol. The lowest BCUT2D eigenvalue weighted by atomic mass is 10.1. The maximum Gasteiger partial charge on any atom is 0.315 e. The molecule has 3 fully saturated rings. The van der Waals surface area contributed by atoms with Crippen molar-refractivity contribution in [3.8, 4) is 0 Å². The van der Waals surface area contributed by atoms with Crippen LogP contribution in [0.3, 0.4) is 0 Å². The van der Waals surface area contributed by atoms with Crippen LogP contribution in [-0.4, -0.2) is 42.8 Å². The summed E-state index contributed by atoms with van der Waals surface area (Å²) in [5.74, 6) is 0.661. The lowest BCUT2D eigenvalue weighted by Crippen LogP contribution is -2.46. The van der Waals surface area contributed by atoms with Crippen LogP contribution in [0.4, 0.5) is 4.79 Å². The summed E-state index contributed by atoms with van der Waals surface area (Å²) < 4.78 is 5.80. The van der Waals surface area contributed by atoms with Gasteiger partial charge in [-0.1, -0.05) is 24.3 Å². The molecule has 0 radical (unpaired) electrons. The van der Waals surface area contributed by atoms with Gasteiger partial charge in [-0.05, 0) is 62.2 Å². The van der Waals surface area contributed by atoms with Gasteiger partial charge in [-0.2, -0.15) is 0 Å². The molecular formula is C20H29N3O2. The zero-order chi connectivity index (χ0) is 17.1. The van der Waals surface area contributed by atoms with Crippen LogP contribution in [0.25, 0.3) is 0 Å². The van der Waals surface area contributed by atoms with E-state index in [0.29, 0.717) is 12.5 Å². The van der Waals surface area contributed by atoms with E-state index in [1.165, 1.54) is 49.9 Å². The van der Waals surface area contributed by atoms with Gasteiger partial charge in [0.15, 0.2) is 0 Å². The number of likely N-dealkylation sites (tertiary alicyclic amines) is 1. The molecule has 3 aliphatic rings. The molecule has 0 aromatic heterocycles. The normalized spacial score (nSPS) is 26.7. The van der Waals surface area contributed by atoms with E-state index in [2.05, 4.69) is 39.8 Å². The molecule has 1 aliphatic carbocycles. The Morgan fingerprint density at radius 2 is 1.88 bits per heavy atom. The number of ether oxygens (including phenoxy) is 1. The summed E-state index contributed by atoms with van der Waals surface area (Å²) in [7, 11) is 0. The molecule has 4 rings (SSSR count). The summed E-state index contributed by atoms with van der Waals surface area (Å²) in [4.78, 5) is 14.8. The summed E-state index contributed by atoms with van der Waals surface area (Å²) in [6.45, 7) is 4.71. The molecule has 1 saturated carbocycles. The van der Waals surface area contributed by atoms with Crippen LogP contribution in [0.1, 0.15) is 43.2 Å². The molecule has 136 valence electrons. The van der Waals surface area contributed by atoms with Gasteiger partial charge in [0, 0.05) is 19.7 Å². The SMILES string of the molecule is O=C(NCc1ccccc1CN1CCCC1)N[C@@H]1CCO[C@H]1C1CC1. The van der Waals surface area contributed by atoms with E-state index in [1.54, 1.807) is 0 Å². The first-order valence-corrected chi connectivity index (χ1v) is 9.75. The van der Waals surface area contributed by atoms with E-state index in [1.807, 2.05) is 0 Å². The van der Waals surface area contributed by atoms with Crippen LogP contribution < -0.4 is 10.6 Å². The second-order valence-electron chi connectivity index (χ2n) is 7.65. The molecule has 2 saturated heterocycles. The fourth-order valence-electron chi connectivity index (χ4n) is 4.12. The minimum absolute atomic E-state index is 0.0721. The molecule has 0 spiro atoms. The number of urea groups is 1. The zero-order valence-corrected chi connectivity index (χ0v) is 14.9. The molecule has 2 N–H and O–H groups in total. The lowest BCUT2D eigenvalue weighted by molar-refractivity contribution is 0.0825. The summed E-state index contributed by atoms with van der Waals surface area (Å²) >= 11 is 0. The number of benzene rings is 1. The summed E-state index contributed by atoms with van der Waals surface area (Å²) in [5, 5.41) is 6.17. The van der Waals surface area contributed by atoms with Crippen LogP contribution in [0.15, 0.2) is 24.3 Å². The van der Waals surface area contributed by atoms with Gasteiger partial charge >= 0.3 is 6.03 Å². The second kappa shape index (κ2) is 7.75. The highest BCUT2D eigenvalue weighted by atomic mass is 16.5. The maximum atomic E-state index is 12.3. The monoisotopic (exact) mass is 343 g/mol. The van der Waals surface area contributed by atoms with Crippen LogP contribution in [0, 0.1) is 5.92 Å². The summed E-state index contributed by atoms with van der Waals surface area (Å²) in [6.07, 6.45) is 6.25. The molecule has 5 nitrogen and oxygen atoms in total. The Kier molecular flexibility index (Phi) is 5.22. The lowest BCUT2D eigenvalue weighted by Gasteiger charge is -2.20. The highest BCUT2D eigenvalue weighted by molar-refractivity contribution is 5.74. The van der Waals surface area contributed by atoms with Crippen molar-refractivity contribution in [2.45, 2.75) is 57.3 Å². The third-order valence-electron chi connectivity index (χ3n) is 5.69. The minimum Gasteiger partial charge on any atom is -0.376 e. The van der Waals surface area contributed by atoms with Crippen molar-refractivity contribution >= 4 is 6.03 Å². The van der Waals surface area contributed by atoms with Gasteiger partial charge in [0.2, 0.25) is 0 Å². The number of nitrogens with zero attached hydrogens (tertiary/aromatic N) is 1. The number of amides is 2. The largest absolute Gasteiger partial charge is 0.376 e. The van der Waals surface area contributed by atoms with E-state index in [0.717, 1.165) is 19.6 Å². The van der Waals surface area contributed by atoms with E-state index in [4.69, 9.17) is 4.74 Å². The van der Waals surface area contributed by atoms with E-state index >= 15 is 0 Å². The zero-order valence-electron chi connectivity index (χ0n) is 14.9. The van der Waals surface area contributed by atoms with Gasteiger partial charge in [0.25, 0.3) is 0 Å². The molecule has 0 bridgehead atoms. The Labute approximate surface area is 150 Å². The molecule has 0 unspecified atom stereocenters. The number of rotatable bonds is 6. The van der Waals surface area contributed by atoms with Crippen molar-refractivity contribution in [3.63, 3.8) is 0 Å². The molecule has 2 aliphatic heterocycles. The average Bonchev–Trinajstić information content (AvgIpc) is 3.13. The van der Waals surface area contributed by atoms with Crippen molar-refractivity contribution in [3.05, 3.63) is 35.4 Å². The van der Waals surface area contributed by atoms with Crippen molar-refractivity contribution in [1.29, 1.82) is 0 Å². The van der Waals surface area contributed by atoms with Gasteiger partial charge in [-0.15, -0.1) is 0 Å². The summed E-state index contributed by atoms with van der Waals surface area (Å²) in [5.41, 5.74) is 2.54. The molecule has 2 amide bonds.